The monoisotopic (exact) mass is 280 g/mol. The van der Waals surface area contributed by atoms with Crippen molar-refractivity contribution < 1.29 is 9.53 Å². The van der Waals surface area contributed by atoms with Gasteiger partial charge in [-0.3, -0.25) is 4.79 Å². The molecule has 112 valence electrons. The maximum absolute atomic E-state index is 11.9. The van der Waals surface area contributed by atoms with Crippen molar-refractivity contribution in [1.29, 1.82) is 5.26 Å². The Labute approximate surface area is 120 Å². The van der Waals surface area contributed by atoms with Crippen LogP contribution in [0.4, 0.5) is 0 Å². The van der Waals surface area contributed by atoms with Gasteiger partial charge in [0.05, 0.1) is 25.3 Å². The van der Waals surface area contributed by atoms with Crippen molar-refractivity contribution in [2.75, 3.05) is 39.8 Å². The van der Waals surface area contributed by atoms with Gasteiger partial charge in [0.2, 0.25) is 5.91 Å². The van der Waals surface area contributed by atoms with Crippen molar-refractivity contribution >= 4 is 5.91 Å². The molecule has 1 amide bonds. The van der Waals surface area contributed by atoms with Gasteiger partial charge in [-0.25, -0.2) is 0 Å². The number of morpholine rings is 1. The van der Waals surface area contributed by atoms with Crippen LogP contribution in [0.5, 0.6) is 0 Å². The summed E-state index contributed by atoms with van der Waals surface area (Å²) in [6.07, 6.45) is 2.19. The number of hydrogen-bond donors (Lipinski definition) is 2. The van der Waals surface area contributed by atoms with E-state index in [9.17, 15) is 10.1 Å². The van der Waals surface area contributed by atoms with Gasteiger partial charge in [-0.15, -0.1) is 0 Å². The van der Waals surface area contributed by atoms with Gasteiger partial charge in [0.15, 0.2) is 0 Å². The third-order valence-electron chi connectivity index (χ3n) is 4.02. The van der Waals surface area contributed by atoms with Gasteiger partial charge in [0.25, 0.3) is 0 Å². The first-order valence-corrected chi connectivity index (χ1v) is 7.26. The lowest BCUT2D eigenvalue weighted by atomic mass is 9.98. The molecule has 0 spiro atoms. The maximum Gasteiger partial charge on any atom is 0.235 e. The third-order valence-corrected chi connectivity index (χ3v) is 4.02. The molecule has 20 heavy (non-hydrogen) atoms. The molecule has 0 aromatic heterocycles. The van der Waals surface area contributed by atoms with Crippen LogP contribution < -0.4 is 10.6 Å². The first kappa shape index (κ1) is 15.2. The second kappa shape index (κ2) is 6.53. The van der Waals surface area contributed by atoms with Crippen LogP contribution in [0, 0.1) is 17.2 Å². The van der Waals surface area contributed by atoms with Crippen LogP contribution in [0.15, 0.2) is 0 Å². The van der Waals surface area contributed by atoms with Crippen LogP contribution in [0.1, 0.15) is 19.8 Å². The number of nitriles is 1. The normalized spacial score (nSPS) is 26.6. The molecule has 0 radical (unpaired) electrons. The smallest absolute Gasteiger partial charge is 0.235 e. The van der Waals surface area contributed by atoms with Crippen LogP contribution in [-0.2, 0) is 9.53 Å². The number of ether oxygens (including phenoxy) is 1. The molecule has 1 aliphatic carbocycles. The van der Waals surface area contributed by atoms with E-state index in [1.54, 1.807) is 0 Å². The van der Waals surface area contributed by atoms with E-state index in [1.165, 1.54) is 0 Å². The van der Waals surface area contributed by atoms with Crippen molar-refractivity contribution in [3.63, 3.8) is 0 Å². The average molecular weight is 280 g/mol. The summed E-state index contributed by atoms with van der Waals surface area (Å²) in [4.78, 5) is 14.1. The average Bonchev–Trinajstić information content (AvgIpc) is 3.23. The lowest BCUT2D eigenvalue weighted by molar-refractivity contribution is -0.121. The second-order valence-corrected chi connectivity index (χ2v) is 6.02. The van der Waals surface area contributed by atoms with Gasteiger partial charge >= 0.3 is 0 Å². The summed E-state index contributed by atoms with van der Waals surface area (Å²) < 4.78 is 5.61. The predicted octanol–water partition coefficient (Wildman–Crippen LogP) is -0.285. The van der Waals surface area contributed by atoms with Crippen LogP contribution in [-0.4, -0.2) is 62.3 Å². The van der Waals surface area contributed by atoms with Crippen LogP contribution in [0.2, 0.25) is 0 Å². The number of likely N-dealkylation sites (N-methyl/N-ethyl adjacent to an activating group) is 1. The van der Waals surface area contributed by atoms with Crippen molar-refractivity contribution in [3.8, 4) is 6.07 Å². The molecule has 6 nitrogen and oxygen atoms in total. The molecule has 6 heteroatoms. The second-order valence-electron chi connectivity index (χ2n) is 6.02. The molecule has 0 unspecified atom stereocenters. The lowest BCUT2D eigenvalue weighted by Crippen LogP contribution is -2.51. The van der Waals surface area contributed by atoms with E-state index in [1.807, 2.05) is 6.92 Å². The minimum atomic E-state index is -0.708. The highest BCUT2D eigenvalue weighted by Gasteiger charge is 2.42. The van der Waals surface area contributed by atoms with Crippen molar-refractivity contribution in [2.45, 2.75) is 31.4 Å². The lowest BCUT2D eigenvalue weighted by Gasteiger charge is -2.30. The molecule has 0 aromatic rings. The Morgan fingerprint density at radius 2 is 2.30 bits per heavy atom. The van der Waals surface area contributed by atoms with Crippen molar-refractivity contribution in [1.82, 2.24) is 15.5 Å². The molecule has 2 atom stereocenters. The summed E-state index contributed by atoms with van der Waals surface area (Å²) in [6, 6.07) is 2.23. The zero-order chi connectivity index (χ0) is 14.6. The zero-order valence-electron chi connectivity index (χ0n) is 12.3. The van der Waals surface area contributed by atoms with Gasteiger partial charge in [-0.05, 0) is 32.7 Å². The molecule has 1 saturated heterocycles. The highest BCUT2D eigenvalue weighted by Crippen LogP contribution is 2.39. The first-order valence-electron chi connectivity index (χ1n) is 7.26. The molecular formula is C14H24N4O2. The van der Waals surface area contributed by atoms with Gasteiger partial charge < -0.3 is 20.3 Å². The number of nitrogens with zero attached hydrogens (tertiary/aromatic N) is 2. The van der Waals surface area contributed by atoms with Gasteiger partial charge in [0, 0.05) is 19.6 Å². The van der Waals surface area contributed by atoms with Gasteiger partial charge in [-0.1, -0.05) is 0 Å². The quantitative estimate of drug-likeness (QED) is 0.699. The fraction of sp³-hybridized carbons (Fsp3) is 0.857. The van der Waals surface area contributed by atoms with E-state index in [4.69, 9.17) is 4.74 Å². The van der Waals surface area contributed by atoms with E-state index in [0.29, 0.717) is 12.5 Å². The molecule has 1 heterocycles. The van der Waals surface area contributed by atoms with Gasteiger partial charge in [0.1, 0.15) is 5.54 Å². The molecule has 2 N–H and O–H groups in total. The van der Waals surface area contributed by atoms with E-state index < -0.39 is 5.54 Å². The Bertz CT molecular complexity index is 391. The third kappa shape index (κ3) is 4.17. The summed E-state index contributed by atoms with van der Waals surface area (Å²) in [5.41, 5.74) is -0.708. The number of carbonyl (C=O) groups excluding carboxylic acids is 1. The fourth-order valence-electron chi connectivity index (χ4n) is 2.55. The van der Waals surface area contributed by atoms with Crippen LogP contribution in [0.25, 0.3) is 0 Å². The maximum atomic E-state index is 11.9. The molecule has 0 bridgehead atoms. The number of amides is 1. The SMILES string of the molecule is CN1CCO[C@@H](CNCC(=O)N[C@@](C)(C#N)C2CC2)C1. The summed E-state index contributed by atoms with van der Waals surface area (Å²) in [6.45, 7) is 5.27. The summed E-state index contributed by atoms with van der Waals surface area (Å²) in [5.74, 6) is 0.192. The summed E-state index contributed by atoms with van der Waals surface area (Å²) in [5, 5.41) is 15.1. The Morgan fingerprint density at radius 3 is 2.90 bits per heavy atom. The number of hydrogen-bond acceptors (Lipinski definition) is 5. The van der Waals surface area contributed by atoms with Crippen molar-refractivity contribution in [3.05, 3.63) is 0 Å². The minimum absolute atomic E-state index is 0.120. The zero-order valence-corrected chi connectivity index (χ0v) is 12.3. The number of rotatable bonds is 6. The standard InChI is InChI=1S/C14H24N4O2/c1-14(10-15,11-3-4-11)17-13(19)8-16-7-12-9-18(2)5-6-20-12/h11-12,16H,3-9H2,1-2H3,(H,17,19)/t12-,14-/m0/s1. The van der Waals surface area contributed by atoms with Gasteiger partial charge in [-0.2, -0.15) is 5.26 Å². The molecule has 1 aliphatic heterocycles. The topological polar surface area (TPSA) is 77.4 Å². The van der Waals surface area contributed by atoms with Crippen LogP contribution in [0.3, 0.4) is 0 Å². The molecule has 1 saturated carbocycles. The minimum Gasteiger partial charge on any atom is -0.374 e. The van der Waals surface area contributed by atoms with E-state index in [2.05, 4.69) is 28.7 Å². The highest BCUT2D eigenvalue weighted by atomic mass is 16.5. The molecule has 2 aliphatic rings. The first-order chi connectivity index (χ1) is 9.53. The molecule has 0 aromatic carbocycles. The van der Waals surface area contributed by atoms with E-state index in [0.717, 1.165) is 32.5 Å². The number of carbonyl (C=O) groups is 1. The Balaban J connectivity index is 1.66. The van der Waals surface area contributed by atoms with Crippen molar-refractivity contribution in [2.24, 2.45) is 5.92 Å². The highest BCUT2D eigenvalue weighted by molar-refractivity contribution is 5.79. The molecule has 2 rings (SSSR count). The largest absolute Gasteiger partial charge is 0.374 e. The van der Waals surface area contributed by atoms with Crippen LogP contribution >= 0.6 is 0 Å². The summed E-state index contributed by atoms with van der Waals surface area (Å²) in [7, 11) is 2.07. The molecule has 2 fully saturated rings. The summed E-state index contributed by atoms with van der Waals surface area (Å²) >= 11 is 0. The Morgan fingerprint density at radius 1 is 1.55 bits per heavy atom. The Hall–Kier alpha value is -1.16. The predicted molar refractivity (Wildman–Crippen MR) is 75.0 cm³/mol. The van der Waals surface area contributed by atoms with E-state index >= 15 is 0 Å². The Kier molecular flexibility index (Phi) is 4.97. The number of nitrogens with one attached hydrogen (secondary N) is 2. The molecular weight excluding hydrogens is 256 g/mol. The fourth-order valence-corrected chi connectivity index (χ4v) is 2.55. The van der Waals surface area contributed by atoms with E-state index in [-0.39, 0.29) is 18.6 Å².